The van der Waals surface area contributed by atoms with Crippen molar-refractivity contribution in [2.24, 2.45) is 47.3 Å². The van der Waals surface area contributed by atoms with Gasteiger partial charge in [0.1, 0.15) is 0 Å². The Morgan fingerprint density at radius 3 is 1.67 bits per heavy atom. The van der Waals surface area contributed by atoms with Gasteiger partial charge in [-0.3, -0.25) is 0 Å². The maximum atomic E-state index is 7.57. The summed E-state index contributed by atoms with van der Waals surface area (Å²) >= 11 is 0. The van der Waals surface area contributed by atoms with E-state index < -0.39 is 0 Å². The second-order valence-electron chi connectivity index (χ2n) is 8.03. The van der Waals surface area contributed by atoms with Gasteiger partial charge in [0.2, 0.25) is 0 Å². The summed E-state index contributed by atoms with van der Waals surface area (Å²) in [5.41, 5.74) is 0. The molecule has 0 aliphatic heterocycles. The summed E-state index contributed by atoms with van der Waals surface area (Å²) < 4.78 is 4.25. The fraction of sp³-hybridized carbons (Fsp3) is 1.00. The van der Waals surface area contributed by atoms with Crippen LogP contribution in [0.15, 0.2) is 0 Å². The van der Waals surface area contributed by atoms with Crippen molar-refractivity contribution in [2.75, 3.05) is 20.8 Å². The number of hydrogen-bond donors (Lipinski definition) is 1. The third kappa shape index (κ3) is 2.47. The van der Waals surface area contributed by atoms with E-state index in [1.54, 1.807) is 66.1 Å². The summed E-state index contributed by atoms with van der Waals surface area (Å²) in [6, 6.07) is 0. The number of aliphatic hydroxyl groups excluding tert-OH is 1. The molecule has 5 rings (SSSR count). The molecule has 0 aromatic rings. The second kappa shape index (κ2) is 6.58. The summed E-state index contributed by atoms with van der Waals surface area (Å²) in [4.78, 5) is 0. The standard InChI is InChI=1S/C15H22.2C2H6O/c1-2-10-11(3-1)13-7-12(10)14-8-4-5-9(6-8)15(13)14;1-3-2;1-2-3/h8-15H,1-7H2;1-2H3;3H,2H2,1H3. The molecule has 5 fully saturated rings. The van der Waals surface area contributed by atoms with Crippen LogP contribution in [0.2, 0.25) is 0 Å². The highest BCUT2D eigenvalue weighted by molar-refractivity contribution is 5.14. The van der Waals surface area contributed by atoms with Gasteiger partial charge in [-0.2, -0.15) is 0 Å². The van der Waals surface area contributed by atoms with Crippen LogP contribution in [0.25, 0.3) is 0 Å². The molecular formula is C19H34O2. The second-order valence-corrected chi connectivity index (χ2v) is 8.03. The Hall–Kier alpha value is -0.0800. The topological polar surface area (TPSA) is 29.5 Å². The van der Waals surface area contributed by atoms with Crippen molar-refractivity contribution < 1.29 is 9.84 Å². The first-order valence-corrected chi connectivity index (χ1v) is 9.27. The Kier molecular flexibility index (Phi) is 4.95. The van der Waals surface area contributed by atoms with Crippen LogP contribution in [0.5, 0.6) is 0 Å². The Balaban J connectivity index is 0.000000195. The highest BCUT2D eigenvalue weighted by Crippen LogP contribution is 2.72. The van der Waals surface area contributed by atoms with E-state index in [-0.39, 0.29) is 6.61 Å². The van der Waals surface area contributed by atoms with Crippen LogP contribution >= 0.6 is 0 Å². The first-order valence-electron chi connectivity index (χ1n) is 9.27. The molecule has 0 heterocycles. The normalized spacial score (nSPS) is 50.9. The van der Waals surface area contributed by atoms with E-state index in [4.69, 9.17) is 5.11 Å². The largest absolute Gasteiger partial charge is 0.397 e. The van der Waals surface area contributed by atoms with E-state index in [0.29, 0.717) is 0 Å². The number of ether oxygens (including phenoxy) is 1. The van der Waals surface area contributed by atoms with Gasteiger partial charge in [-0.05, 0) is 92.8 Å². The molecule has 0 spiro atoms. The lowest BCUT2D eigenvalue weighted by Gasteiger charge is -2.40. The molecular weight excluding hydrogens is 260 g/mol. The van der Waals surface area contributed by atoms with Gasteiger partial charge in [-0.1, -0.05) is 6.42 Å². The molecule has 1 N–H and O–H groups in total. The molecule has 0 saturated heterocycles. The molecule has 0 amide bonds. The summed E-state index contributed by atoms with van der Waals surface area (Å²) in [6.07, 6.45) is 11.4. The molecule has 122 valence electrons. The zero-order valence-corrected chi connectivity index (χ0v) is 14.1. The molecule has 5 saturated carbocycles. The quantitative estimate of drug-likeness (QED) is 0.685. The molecule has 5 aliphatic carbocycles. The number of rotatable bonds is 0. The van der Waals surface area contributed by atoms with Gasteiger partial charge >= 0.3 is 0 Å². The minimum absolute atomic E-state index is 0.250. The van der Waals surface area contributed by atoms with Crippen LogP contribution in [0.3, 0.4) is 0 Å². The minimum Gasteiger partial charge on any atom is -0.397 e. The maximum Gasteiger partial charge on any atom is 0.0402 e. The van der Waals surface area contributed by atoms with Crippen molar-refractivity contribution in [2.45, 2.75) is 51.9 Å². The Morgan fingerprint density at radius 2 is 1.24 bits per heavy atom. The Morgan fingerprint density at radius 1 is 0.810 bits per heavy atom. The summed E-state index contributed by atoms with van der Waals surface area (Å²) in [5, 5.41) is 7.57. The lowest BCUT2D eigenvalue weighted by molar-refractivity contribution is 0.0716. The molecule has 5 aliphatic rings. The number of methoxy groups -OCH3 is 1. The van der Waals surface area contributed by atoms with Crippen LogP contribution < -0.4 is 0 Å². The lowest BCUT2D eigenvalue weighted by atomic mass is 9.64. The minimum atomic E-state index is 0.250. The van der Waals surface area contributed by atoms with E-state index in [1.165, 1.54) is 47.3 Å². The van der Waals surface area contributed by atoms with Crippen LogP contribution in [-0.4, -0.2) is 25.9 Å². The number of fused-ring (bicyclic) bond motifs is 12. The van der Waals surface area contributed by atoms with Gasteiger partial charge in [-0.25, -0.2) is 0 Å². The highest BCUT2D eigenvalue weighted by Gasteiger charge is 2.65. The fourth-order valence-corrected chi connectivity index (χ4v) is 7.28. The van der Waals surface area contributed by atoms with Crippen LogP contribution in [0.4, 0.5) is 0 Å². The predicted molar refractivity (Wildman–Crippen MR) is 85.9 cm³/mol. The van der Waals surface area contributed by atoms with Gasteiger partial charge in [-0.15, -0.1) is 0 Å². The zero-order valence-electron chi connectivity index (χ0n) is 14.1. The van der Waals surface area contributed by atoms with E-state index in [2.05, 4.69) is 4.74 Å². The molecule has 8 unspecified atom stereocenters. The third-order valence-electron chi connectivity index (χ3n) is 7.30. The Bertz CT molecular complexity index is 312. The van der Waals surface area contributed by atoms with Crippen molar-refractivity contribution >= 4 is 0 Å². The maximum absolute atomic E-state index is 7.57. The summed E-state index contributed by atoms with van der Waals surface area (Å²) in [6.45, 7) is 1.93. The van der Waals surface area contributed by atoms with E-state index in [1.807, 2.05) is 0 Å². The summed E-state index contributed by atoms with van der Waals surface area (Å²) in [5.74, 6) is 9.78. The molecule has 0 aromatic heterocycles. The van der Waals surface area contributed by atoms with E-state index in [9.17, 15) is 0 Å². The van der Waals surface area contributed by atoms with Gasteiger partial charge in [0.05, 0.1) is 0 Å². The molecule has 21 heavy (non-hydrogen) atoms. The van der Waals surface area contributed by atoms with Crippen molar-refractivity contribution in [1.82, 2.24) is 0 Å². The number of hydrogen-bond acceptors (Lipinski definition) is 2. The predicted octanol–water partition coefficient (Wildman–Crippen LogP) is 3.98. The van der Waals surface area contributed by atoms with Crippen molar-refractivity contribution in [1.29, 1.82) is 0 Å². The van der Waals surface area contributed by atoms with Crippen LogP contribution in [-0.2, 0) is 4.74 Å². The molecule has 2 nitrogen and oxygen atoms in total. The van der Waals surface area contributed by atoms with E-state index >= 15 is 0 Å². The molecule has 0 aromatic carbocycles. The van der Waals surface area contributed by atoms with Crippen molar-refractivity contribution in [3.05, 3.63) is 0 Å². The monoisotopic (exact) mass is 294 g/mol. The zero-order chi connectivity index (χ0) is 15.0. The fourth-order valence-electron chi connectivity index (χ4n) is 7.28. The van der Waals surface area contributed by atoms with Crippen LogP contribution in [0.1, 0.15) is 51.9 Å². The van der Waals surface area contributed by atoms with E-state index in [0.717, 1.165) is 0 Å². The van der Waals surface area contributed by atoms with Gasteiger partial charge in [0, 0.05) is 20.8 Å². The van der Waals surface area contributed by atoms with Gasteiger partial charge in [0.25, 0.3) is 0 Å². The van der Waals surface area contributed by atoms with Gasteiger partial charge in [0.15, 0.2) is 0 Å². The average molecular weight is 294 g/mol. The van der Waals surface area contributed by atoms with Gasteiger partial charge < -0.3 is 9.84 Å². The Labute approximate surface area is 130 Å². The molecule has 0 radical (unpaired) electrons. The average Bonchev–Trinajstić information content (AvgIpc) is 3.24. The molecule has 8 atom stereocenters. The first kappa shape index (κ1) is 15.8. The highest BCUT2D eigenvalue weighted by atomic mass is 16.4. The number of aliphatic hydroxyl groups is 1. The summed E-state index contributed by atoms with van der Waals surface area (Å²) in [7, 11) is 3.25. The smallest absolute Gasteiger partial charge is 0.0402 e. The lowest BCUT2D eigenvalue weighted by Crippen LogP contribution is -2.35. The third-order valence-corrected chi connectivity index (χ3v) is 7.30. The first-order chi connectivity index (χ1) is 10.3. The SMILES string of the molecule is C1CC2C(C1)C1CC2C2C3CCC(C3)C12.CCO.COC. The molecule has 2 heteroatoms. The molecule has 4 bridgehead atoms. The van der Waals surface area contributed by atoms with Crippen LogP contribution in [0, 0.1) is 47.3 Å². The van der Waals surface area contributed by atoms with Crippen molar-refractivity contribution in [3.8, 4) is 0 Å². The van der Waals surface area contributed by atoms with Crippen molar-refractivity contribution in [3.63, 3.8) is 0 Å².